The molecule has 0 aromatic carbocycles. The fourth-order valence-electron chi connectivity index (χ4n) is 3.13. The Labute approximate surface area is 178 Å². The van der Waals surface area contributed by atoms with E-state index in [9.17, 15) is 13.0 Å². The van der Waals surface area contributed by atoms with E-state index >= 15 is 0 Å². The Balaban J connectivity index is 0. The summed E-state index contributed by atoms with van der Waals surface area (Å²) in [7, 11) is -4.15. The van der Waals surface area contributed by atoms with Gasteiger partial charge in [-0.05, 0) is 19.3 Å². The summed E-state index contributed by atoms with van der Waals surface area (Å²) in [4.78, 5) is 0. The Morgan fingerprint density at radius 3 is 1.44 bits per heavy atom. The second-order valence-corrected chi connectivity index (χ2v) is 8.66. The minimum absolute atomic E-state index is 0. The molecule has 0 bridgehead atoms. The maximum absolute atomic E-state index is 11.4. The molecule has 0 amide bonds. The van der Waals surface area contributed by atoms with Crippen LogP contribution in [-0.2, 0) is 10.1 Å². The molecule has 4 nitrogen and oxygen atoms in total. The number of aliphatic hydroxyl groups excluding tert-OH is 1. The van der Waals surface area contributed by atoms with Crippen LogP contribution in [0.25, 0.3) is 0 Å². The van der Waals surface area contributed by atoms with Crippen LogP contribution < -0.4 is 29.6 Å². The molecule has 0 aromatic rings. The van der Waals surface area contributed by atoms with Gasteiger partial charge < -0.3 is 9.66 Å². The van der Waals surface area contributed by atoms with E-state index in [1.54, 1.807) is 0 Å². The summed E-state index contributed by atoms with van der Waals surface area (Å²) in [6.07, 6.45) is 16.3. The third-order valence-electron chi connectivity index (χ3n) is 4.72. The Kier molecular flexibility index (Phi) is 22.0. The van der Waals surface area contributed by atoms with Gasteiger partial charge in [-0.2, -0.15) is 0 Å². The molecule has 0 spiro atoms. The predicted octanol–water partition coefficient (Wildman–Crippen LogP) is 2.16. The maximum Gasteiger partial charge on any atom is 1.00 e. The van der Waals surface area contributed by atoms with Crippen LogP contribution in [0.1, 0.15) is 110 Å². The summed E-state index contributed by atoms with van der Waals surface area (Å²) in [6.45, 7) is 2.45. The molecule has 1 atom stereocenters. The molecule has 6 heteroatoms. The van der Waals surface area contributed by atoms with Crippen molar-refractivity contribution in [2.24, 2.45) is 0 Å². The van der Waals surface area contributed by atoms with Gasteiger partial charge in [0.15, 0.2) is 0 Å². The predicted molar refractivity (Wildman–Crippen MR) is 100 cm³/mol. The molecule has 1 unspecified atom stereocenters. The zero-order chi connectivity index (χ0) is 18.1. The second-order valence-electron chi connectivity index (χ2n) is 7.01. The van der Waals surface area contributed by atoms with Gasteiger partial charge in [-0.25, -0.2) is 8.42 Å². The average Bonchev–Trinajstić information content (AvgIpc) is 2.53. The van der Waals surface area contributed by atoms with Gasteiger partial charge in [0.2, 0.25) is 0 Å². The fraction of sp³-hybridized carbons (Fsp3) is 1.00. The number of hydrogen-bond acceptors (Lipinski definition) is 4. The first-order chi connectivity index (χ1) is 11.5. The van der Waals surface area contributed by atoms with Crippen molar-refractivity contribution in [3.63, 3.8) is 0 Å². The molecule has 146 valence electrons. The molecule has 0 saturated carbocycles. The standard InChI is InChI=1S/C19H40O4S.Na/c1-2-3-4-5-6-7-10-13-16-19(24(21,22)23)17-14-11-8-9-12-15-18-20;/h19-20H,2-18H2,1H3,(H,21,22,23);/q;+1/p-1. The van der Waals surface area contributed by atoms with E-state index in [4.69, 9.17) is 5.11 Å². The largest absolute Gasteiger partial charge is 1.00 e. The van der Waals surface area contributed by atoms with E-state index in [0.29, 0.717) is 12.8 Å². The van der Waals surface area contributed by atoms with Crippen molar-refractivity contribution in [1.29, 1.82) is 0 Å². The van der Waals surface area contributed by atoms with Crippen LogP contribution in [0.3, 0.4) is 0 Å². The minimum Gasteiger partial charge on any atom is -0.748 e. The Bertz CT molecular complexity index is 360. The number of rotatable bonds is 18. The quantitative estimate of drug-likeness (QED) is 0.222. The third-order valence-corrected chi connectivity index (χ3v) is 6.01. The van der Waals surface area contributed by atoms with Crippen LogP contribution in [0.4, 0.5) is 0 Å². The average molecular weight is 387 g/mol. The maximum atomic E-state index is 11.4. The zero-order valence-electron chi connectivity index (χ0n) is 16.7. The van der Waals surface area contributed by atoms with Crippen molar-refractivity contribution in [1.82, 2.24) is 0 Å². The van der Waals surface area contributed by atoms with Crippen LogP contribution >= 0.6 is 0 Å². The van der Waals surface area contributed by atoms with Crippen molar-refractivity contribution < 1.29 is 47.6 Å². The molecule has 1 N–H and O–H groups in total. The van der Waals surface area contributed by atoms with Crippen LogP contribution in [-0.4, -0.2) is 29.9 Å². The Morgan fingerprint density at radius 1 is 0.720 bits per heavy atom. The first-order valence-corrected chi connectivity index (χ1v) is 11.5. The number of aliphatic hydroxyl groups is 1. The van der Waals surface area contributed by atoms with Crippen molar-refractivity contribution in [2.45, 2.75) is 115 Å². The van der Waals surface area contributed by atoms with Gasteiger partial charge in [-0.3, -0.25) is 0 Å². The molecule has 25 heavy (non-hydrogen) atoms. The fourth-order valence-corrected chi connectivity index (χ4v) is 4.04. The summed E-state index contributed by atoms with van der Waals surface area (Å²) < 4.78 is 34.2. The smallest absolute Gasteiger partial charge is 0.748 e. The monoisotopic (exact) mass is 386 g/mol. The molecule has 0 fully saturated rings. The molecule has 0 radical (unpaired) electrons. The molecular formula is C19H39NaO4S. The van der Waals surface area contributed by atoms with E-state index < -0.39 is 15.4 Å². The molecule has 0 saturated heterocycles. The van der Waals surface area contributed by atoms with Gasteiger partial charge in [0.25, 0.3) is 0 Å². The van der Waals surface area contributed by atoms with E-state index in [-0.39, 0.29) is 36.2 Å². The molecule has 0 aromatic heterocycles. The van der Waals surface area contributed by atoms with Crippen LogP contribution in [0.2, 0.25) is 0 Å². The first-order valence-electron chi connectivity index (χ1n) is 10.1. The van der Waals surface area contributed by atoms with Crippen molar-refractivity contribution in [3.8, 4) is 0 Å². The number of hydrogen-bond donors (Lipinski definition) is 1. The molecule has 0 aliphatic carbocycles. The van der Waals surface area contributed by atoms with Crippen molar-refractivity contribution in [3.05, 3.63) is 0 Å². The van der Waals surface area contributed by atoms with E-state index in [1.807, 2.05) is 0 Å². The molecule has 0 rings (SSSR count). The molecular weight excluding hydrogens is 347 g/mol. The molecule has 0 aliphatic heterocycles. The molecule has 0 aliphatic rings. The minimum atomic E-state index is -4.15. The summed E-state index contributed by atoms with van der Waals surface area (Å²) >= 11 is 0. The Morgan fingerprint density at radius 2 is 1.08 bits per heavy atom. The summed E-state index contributed by atoms with van der Waals surface area (Å²) in [6, 6.07) is 0. The van der Waals surface area contributed by atoms with Gasteiger partial charge >= 0.3 is 29.6 Å². The van der Waals surface area contributed by atoms with Gasteiger partial charge in [-0.15, -0.1) is 0 Å². The van der Waals surface area contributed by atoms with E-state index in [1.165, 1.54) is 32.1 Å². The normalized spacial score (nSPS) is 12.8. The SMILES string of the molecule is CCCCCCCCCCC(CCCCCCCCO)S(=O)(=O)[O-].[Na+]. The second kappa shape index (κ2) is 19.6. The van der Waals surface area contributed by atoms with Crippen LogP contribution in [0, 0.1) is 0 Å². The molecule has 0 heterocycles. The van der Waals surface area contributed by atoms with Gasteiger partial charge in [-0.1, -0.05) is 90.4 Å². The van der Waals surface area contributed by atoms with E-state index in [2.05, 4.69) is 6.92 Å². The van der Waals surface area contributed by atoms with Gasteiger partial charge in [0, 0.05) is 11.9 Å². The van der Waals surface area contributed by atoms with Crippen molar-refractivity contribution >= 4 is 10.1 Å². The van der Waals surface area contributed by atoms with Crippen LogP contribution in [0.15, 0.2) is 0 Å². The summed E-state index contributed by atoms with van der Waals surface area (Å²) in [5, 5.41) is 8.02. The third kappa shape index (κ3) is 19.4. The summed E-state index contributed by atoms with van der Waals surface area (Å²) in [5.41, 5.74) is 0. The van der Waals surface area contributed by atoms with Gasteiger partial charge in [0.05, 0.1) is 10.1 Å². The van der Waals surface area contributed by atoms with Crippen molar-refractivity contribution in [2.75, 3.05) is 6.61 Å². The first kappa shape index (κ1) is 28.1. The zero-order valence-corrected chi connectivity index (χ0v) is 19.5. The summed E-state index contributed by atoms with van der Waals surface area (Å²) in [5.74, 6) is 0. The topological polar surface area (TPSA) is 77.4 Å². The number of unbranched alkanes of at least 4 members (excludes halogenated alkanes) is 12. The van der Waals surface area contributed by atoms with E-state index in [0.717, 1.165) is 57.8 Å². The van der Waals surface area contributed by atoms with Gasteiger partial charge in [0.1, 0.15) is 0 Å². The van der Waals surface area contributed by atoms with Crippen LogP contribution in [0.5, 0.6) is 0 Å². The Hall–Kier alpha value is 0.870.